The van der Waals surface area contributed by atoms with Crippen LogP contribution in [-0.4, -0.2) is 17.1 Å². The van der Waals surface area contributed by atoms with Gasteiger partial charge >= 0.3 is 5.97 Å². The van der Waals surface area contributed by atoms with Gasteiger partial charge in [0.1, 0.15) is 6.07 Å². The molecule has 18 heavy (non-hydrogen) atoms. The largest absolute Gasteiger partial charge is 0.481 e. The maximum atomic E-state index is 10.9. The minimum Gasteiger partial charge on any atom is -0.481 e. The van der Waals surface area contributed by atoms with E-state index in [2.05, 4.69) is 27.3 Å². The Bertz CT molecular complexity index is 510. The predicted octanol–water partition coefficient (Wildman–Crippen LogP) is 2.99. The molecule has 1 fully saturated rings. The van der Waals surface area contributed by atoms with Crippen molar-refractivity contribution in [3.63, 3.8) is 0 Å². The van der Waals surface area contributed by atoms with Crippen LogP contribution in [0.1, 0.15) is 24.8 Å². The Morgan fingerprint density at radius 3 is 2.83 bits per heavy atom. The Kier molecular flexibility index (Phi) is 3.87. The van der Waals surface area contributed by atoms with Crippen molar-refractivity contribution < 1.29 is 9.90 Å². The van der Waals surface area contributed by atoms with Crippen molar-refractivity contribution in [3.8, 4) is 6.07 Å². The highest BCUT2D eigenvalue weighted by Gasteiger charge is 2.29. The summed E-state index contributed by atoms with van der Waals surface area (Å²) in [6, 6.07) is 7.73. The average molecular weight is 309 g/mol. The van der Waals surface area contributed by atoms with Crippen LogP contribution in [0.15, 0.2) is 22.7 Å². The monoisotopic (exact) mass is 308 g/mol. The van der Waals surface area contributed by atoms with Gasteiger partial charge in [0.05, 0.1) is 11.5 Å². The summed E-state index contributed by atoms with van der Waals surface area (Å²) in [5.74, 6) is -0.940. The van der Waals surface area contributed by atoms with Gasteiger partial charge in [0, 0.05) is 16.2 Å². The highest BCUT2D eigenvalue weighted by atomic mass is 79.9. The van der Waals surface area contributed by atoms with Crippen LogP contribution in [0, 0.1) is 17.2 Å². The second-order valence-electron chi connectivity index (χ2n) is 4.50. The van der Waals surface area contributed by atoms with Crippen molar-refractivity contribution >= 4 is 27.6 Å². The lowest BCUT2D eigenvalue weighted by Crippen LogP contribution is -2.17. The van der Waals surface area contributed by atoms with Crippen LogP contribution in [0.2, 0.25) is 0 Å². The number of anilines is 1. The molecule has 0 bridgehead atoms. The second kappa shape index (κ2) is 5.40. The molecule has 1 saturated carbocycles. The number of benzene rings is 1. The number of carbonyl (C=O) groups is 1. The summed E-state index contributed by atoms with van der Waals surface area (Å²) < 4.78 is 0.753. The number of hydrogen-bond donors (Lipinski definition) is 2. The SMILES string of the molecule is N#Cc1ccc(N[C@H]2CC[C@@H](C(=O)O)C2)cc1Br. The van der Waals surface area contributed by atoms with Gasteiger partial charge in [-0.2, -0.15) is 5.26 Å². The van der Waals surface area contributed by atoms with Gasteiger partial charge in [-0.25, -0.2) is 0 Å². The molecule has 2 atom stereocenters. The fourth-order valence-electron chi connectivity index (χ4n) is 2.27. The van der Waals surface area contributed by atoms with Crippen LogP contribution in [0.5, 0.6) is 0 Å². The van der Waals surface area contributed by atoms with Crippen molar-refractivity contribution in [1.82, 2.24) is 0 Å². The van der Waals surface area contributed by atoms with Gasteiger partial charge in [-0.3, -0.25) is 4.79 Å². The third-order valence-corrected chi connectivity index (χ3v) is 3.90. The minimum atomic E-state index is -0.708. The first-order chi connectivity index (χ1) is 8.60. The number of nitriles is 1. The molecule has 2 rings (SSSR count). The molecule has 0 aromatic heterocycles. The van der Waals surface area contributed by atoms with Crippen molar-refractivity contribution in [2.24, 2.45) is 5.92 Å². The molecular weight excluding hydrogens is 296 g/mol. The molecule has 5 heteroatoms. The molecule has 0 aliphatic heterocycles. The van der Waals surface area contributed by atoms with E-state index in [4.69, 9.17) is 10.4 Å². The number of rotatable bonds is 3. The van der Waals surface area contributed by atoms with Crippen LogP contribution in [0.4, 0.5) is 5.69 Å². The first-order valence-electron chi connectivity index (χ1n) is 5.79. The Hall–Kier alpha value is -1.54. The smallest absolute Gasteiger partial charge is 0.306 e. The fraction of sp³-hybridized carbons (Fsp3) is 0.385. The molecule has 0 spiro atoms. The van der Waals surface area contributed by atoms with E-state index < -0.39 is 5.97 Å². The molecule has 1 aromatic carbocycles. The Morgan fingerprint density at radius 1 is 1.50 bits per heavy atom. The lowest BCUT2D eigenvalue weighted by atomic mass is 10.1. The maximum absolute atomic E-state index is 10.9. The third kappa shape index (κ3) is 2.82. The molecule has 2 N–H and O–H groups in total. The topological polar surface area (TPSA) is 73.1 Å². The van der Waals surface area contributed by atoms with E-state index in [9.17, 15) is 4.79 Å². The lowest BCUT2D eigenvalue weighted by molar-refractivity contribution is -0.141. The van der Waals surface area contributed by atoms with E-state index >= 15 is 0 Å². The third-order valence-electron chi connectivity index (χ3n) is 3.24. The summed E-state index contributed by atoms with van der Waals surface area (Å²) in [6.45, 7) is 0. The minimum absolute atomic E-state index is 0.200. The number of nitrogens with one attached hydrogen (secondary N) is 1. The number of hydrogen-bond acceptors (Lipinski definition) is 3. The number of carboxylic acids is 1. The van der Waals surface area contributed by atoms with Crippen LogP contribution in [-0.2, 0) is 4.79 Å². The van der Waals surface area contributed by atoms with Crippen molar-refractivity contribution in [2.75, 3.05) is 5.32 Å². The predicted molar refractivity (Wildman–Crippen MR) is 71.2 cm³/mol. The van der Waals surface area contributed by atoms with Gasteiger partial charge in [-0.1, -0.05) is 0 Å². The first-order valence-corrected chi connectivity index (χ1v) is 6.58. The average Bonchev–Trinajstić information content (AvgIpc) is 2.78. The van der Waals surface area contributed by atoms with Gasteiger partial charge in [0.15, 0.2) is 0 Å². The zero-order valence-corrected chi connectivity index (χ0v) is 11.3. The quantitative estimate of drug-likeness (QED) is 0.900. The van der Waals surface area contributed by atoms with E-state index in [1.54, 1.807) is 6.07 Å². The fourth-order valence-corrected chi connectivity index (χ4v) is 2.74. The van der Waals surface area contributed by atoms with E-state index in [1.807, 2.05) is 12.1 Å². The summed E-state index contributed by atoms with van der Waals surface area (Å²) in [6.07, 6.45) is 2.26. The molecule has 1 aliphatic carbocycles. The second-order valence-corrected chi connectivity index (χ2v) is 5.35. The van der Waals surface area contributed by atoms with Crippen LogP contribution in [0.25, 0.3) is 0 Å². The summed E-state index contributed by atoms with van der Waals surface area (Å²) in [5.41, 5.74) is 1.51. The standard InChI is InChI=1S/C13H13BrN2O2/c14-12-6-11(4-2-9(12)7-15)16-10-3-1-8(5-10)13(17)18/h2,4,6,8,10,16H,1,3,5H2,(H,17,18)/t8-,10+/m1/s1. The van der Waals surface area contributed by atoms with Gasteiger partial charge < -0.3 is 10.4 Å². The van der Waals surface area contributed by atoms with Crippen LogP contribution < -0.4 is 5.32 Å². The summed E-state index contributed by atoms with van der Waals surface area (Å²) >= 11 is 3.34. The normalized spacial score (nSPS) is 22.4. The highest BCUT2D eigenvalue weighted by Crippen LogP contribution is 2.29. The molecule has 4 nitrogen and oxygen atoms in total. The molecule has 0 saturated heterocycles. The van der Waals surface area contributed by atoms with Gasteiger partial charge in [-0.05, 0) is 53.4 Å². The maximum Gasteiger partial charge on any atom is 0.306 e. The molecule has 94 valence electrons. The molecule has 0 amide bonds. The Morgan fingerprint density at radius 2 is 2.28 bits per heavy atom. The molecule has 0 unspecified atom stereocenters. The van der Waals surface area contributed by atoms with Crippen molar-refractivity contribution in [2.45, 2.75) is 25.3 Å². The van der Waals surface area contributed by atoms with Crippen LogP contribution >= 0.6 is 15.9 Å². The lowest BCUT2D eigenvalue weighted by Gasteiger charge is -2.14. The Balaban J connectivity index is 2.01. The number of halogens is 1. The molecule has 1 aromatic rings. The zero-order chi connectivity index (χ0) is 13.1. The van der Waals surface area contributed by atoms with Crippen molar-refractivity contribution in [3.05, 3.63) is 28.2 Å². The van der Waals surface area contributed by atoms with E-state index in [1.165, 1.54) is 0 Å². The van der Waals surface area contributed by atoms with Gasteiger partial charge in [-0.15, -0.1) is 0 Å². The molecule has 0 heterocycles. The molecule has 1 aliphatic rings. The van der Waals surface area contributed by atoms with Gasteiger partial charge in [0.2, 0.25) is 0 Å². The Labute approximate surface area is 114 Å². The number of carboxylic acid groups (broad SMARTS) is 1. The van der Waals surface area contributed by atoms with E-state index in [-0.39, 0.29) is 12.0 Å². The summed E-state index contributed by atoms with van der Waals surface area (Å²) in [5, 5.41) is 21.1. The zero-order valence-electron chi connectivity index (χ0n) is 9.69. The molecule has 0 radical (unpaired) electrons. The van der Waals surface area contributed by atoms with E-state index in [0.29, 0.717) is 12.0 Å². The first kappa shape index (κ1) is 12.9. The van der Waals surface area contributed by atoms with Crippen molar-refractivity contribution in [1.29, 1.82) is 5.26 Å². The number of aliphatic carboxylic acids is 1. The van der Waals surface area contributed by atoms with E-state index in [0.717, 1.165) is 23.0 Å². The van der Waals surface area contributed by atoms with Crippen LogP contribution in [0.3, 0.4) is 0 Å². The summed E-state index contributed by atoms with van der Waals surface area (Å²) in [7, 11) is 0. The van der Waals surface area contributed by atoms with Gasteiger partial charge in [0.25, 0.3) is 0 Å². The summed E-state index contributed by atoms with van der Waals surface area (Å²) in [4.78, 5) is 10.9. The highest BCUT2D eigenvalue weighted by molar-refractivity contribution is 9.10. The molecular formula is C13H13BrN2O2. The number of nitrogens with zero attached hydrogens (tertiary/aromatic N) is 1.